The summed E-state index contributed by atoms with van der Waals surface area (Å²) in [6.45, 7) is 2.02. The van der Waals surface area contributed by atoms with E-state index in [4.69, 9.17) is 0 Å². The molecule has 1 atom stereocenters. The van der Waals surface area contributed by atoms with E-state index in [0.29, 0.717) is 12.8 Å². The Labute approximate surface area is 191 Å². The van der Waals surface area contributed by atoms with Crippen molar-refractivity contribution < 1.29 is 13.6 Å². The fourth-order valence-corrected chi connectivity index (χ4v) is 5.65. The molecule has 0 aromatic heterocycles. The number of rotatable bonds is 2. The van der Waals surface area contributed by atoms with Crippen LogP contribution >= 0.6 is 0 Å². The van der Waals surface area contributed by atoms with Crippen molar-refractivity contribution in [3.63, 3.8) is 0 Å². The monoisotopic (exact) mass is 439 g/mol. The lowest BCUT2D eigenvalue weighted by atomic mass is 9.78. The highest BCUT2D eigenvalue weighted by atomic mass is 19.1. The van der Waals surface area contributed by atoms with Crippen LogP contribution in [0.15, 0.2) is 72.5 Å². The number of fused-ring (bicyclic) bond motifs is 4. The van der Waals surface area contributed by atoms with E-state index in [9.17, 15) is 13.6 Å². The molecule has 164 valence electrons. The number of Topliss-reactive ketones (excluding diaryl/α,β-unsaturated/α-hetero) is 1. The molecule has 33 heavy (non-hydrogen) atoms. The summed E-state index contributed by atoms with van der Waals surface area (Å²) < 4.78 is 29.3. The Balaban J connectivity index is 1.56. The zero-order valence-electron chi connectivity index (χ0n) is 18.4. The van der Waals surface area contributed by atoms with E-state index in [2.05, 4.69) is 18.2 Å². The molecular weight excluding hydrogens is 416 g/mol. The SMILES string of the molecule is Cc1ccc(N2C=CC[C@H]2c2c(F)cccc2F)c2ccc3c(c12)C(=O)CC1=C3C=CCC1. The van der Waals surface area contributed by atoms with E-state index in [1.54, 1.807) is 0 Å². The second-order valence-electron chi connectivity index (χ2n) is 9.05. The maximum atomic E-state index is 14.7. The van der Waals surface area contributed by atoms with Gasteiger partial charge in [0.05, 0.1) is 6.04 Å². The lowest BCUT2D eigenvalue weighted by molar-refractivity contribution is 0.0991. The molecule has 0 saturated carbocycles. The minimum absolute atomic E-state index is 0.0763. The first-order chi connectivity index (χ1) is 16.0. The van der Waals surface area contributed by atoms with Crippen LogP contribution in [-0.2, 0) is 0 Å². The van der Waals surface area contributed by atoms with Gasteiger partial charge in [-0.05, 0) is 66.5 Å². The summed E-state index contributed by atoms with van der Waals surface area (Å²) in [5.74, 6) is -0.930. The normalized spacial score (nSPS) is 19.4. The predicted octanol–water partition coefficient (Wildman–Crippen LogP) is 7.58. The van der Waals surface area contributed by atoms with Crippen LogP contribution in [0.1, 0.15) is 58.8 Å². The third-order valence-corrected chi connectivity index (χ3v) is 7.16. The Bertz CT molecular complexity index is 1410. The molecule has 0 radical (unpaired) electrons. The lowest BCUT2D eigenvalue weighted by Crippen LogP contribution is -2.22. The van der Waals surface area contributed by atoms with E-state index in [1.807, 2.05) is 42.3 Å². The summed E-state index contributed by atoms with van der Waals surface area (Å²) in [5.41, 5.74) is 6.13. The molecule has 0 saturated heterocycles. The predicted molar refractivity (Wildman–Crippen MR) is 128 cm³/mol. The van der Waals surface area contributed by atoms with Crippen molar-refractivity contribution in [2.24, 2.45) is 0 Å². The molecule has 1 heterocycles. The van der Waals surface area contributed by atoms with Gasteiger partial charge in [0, 0.05) is 34.8 Å². The zero-order valence-corrected chi connectivity index (χ0v) is 18.4. The van der Waals surface area contributed by atoms with Crippen molar-refractivity contribution in [2.75, 3.05) is 4.90 Å². The third kappa shape index (κ3) is 3.01. The van der Waals surface area contributed by atoms with E-state index in [0.717, 1.165) is 46.0 Å². The zero-order chi connectivity index (χ0) is 22.7. The summed E-state index contributed by atoms with van der Waals surface area (Å²) in [6.07, 6.45) is 11.0. The molecule has 2 aliphatic carbocycles. The Morgan fingerprint density at radius 2 is 1.82 bits per heavy atom. The smallest absolute Gasteiger partial charge is 0.168 e. The minimum atomic E-state index is -0.541. The number of carbonyl (C=O) groups excluding carboxylic acids is 1. The molecule has 3 aromatic rings. The van der Waals surface area contributed by atoms with Crippen LogP contribution in [0.25, 0.3) is 16.3 Å². The number of benzene rings is 3. The van der Waals surface area contributed by atoms with Crippen molar-refractivity contribution in [3.05, 3.63) is 106 Å². The molecule has 0 unspecified atom stereocenters. The van der Waals surface area contributed by atoms with Gasteiger partial charge in [0.2, 0.25) is 0 Å². The van der Waals surface area contributed by atoms with E-state index >= 15 is 0 Å². The van der Waals surface area contributed by atoms with Crippen molar-refractivity contribution >= 4 is 27.8 Å². The number of anilines is 1. The van der Waals surface area contributed by atoms with Crippen molar-refractivity contribution in [2.45, 2.75) is 38.6 Å². The topological polar surface area (TPSA) is 20.3 Å². The van der Waals surface area contributed by atoms with E-state index < -0.39 is 17.7 Å². The second kappa shape index (κ2) is 7.51. The van der Waals surface area contributed by atoms with E-state index in [-0.39, 0.29) is 11.3 Å². The summed E-state index contributed by atoms with van der Waals surface area (Å²) in [4.78, 5) is 15.3. The Morgan fingerprint density at radius 1 is 1.00 bits per heavy atom. The van der Waals surface area contributed by atoms with Crippen LogP contribution in [-0.4, -0.2) is 5.78 Å². The Morgan fingerprint density at radius 3 is 2.64 bits per heavy atom. The van der Waals surface area contributed by atoms with Gasteiger partial charge in [-0.15, -0.1) is 0 Å². The number of halogens is 2. The number of carbonyl (C=O) groups is 1. The molecule has 1 aliphatic heterocycles. The number of hydrogen-bond acceptors (Lipinski definition) is 2. The van der Waals surface area contributed by atoms with Crippen LogP contribution in [0.2, 0.25) is 0 Å². The Kier molecular flexibility index (Phi) is 4.58. The first kappa shape index (κ1) is 20.1. The maximum absolute atomic E-state index is 14.7. The molecule has 3 aliphatic rings. The lowest BCUT2D eigenvalue weighted by Gasteiger charge is -2.30. The van der Waals surface area contributed by atoms with Gasteiger partial charge in [-0.25, -0.2) is 8.78 Å². The number of aryl methyl sites for hydroxylation is 1. The summed E-state index contributed by atoms with van der Waals surface area (Å²) >= 11 is 0. The standard InChI is InChI=1S/C29H23F2NO/c1-17-11-14-24(32-15-5-10-25(32)29-22(30)8-4-9-23(29)31)21-13-12-20-19-7-3-2-6-18(19)16-26(33)28(20)27(17)21/h3-5,7-9,11-15,25H,2,6,10,16H2,1H3/t25-/m0/s1. The van der Waals surface area contributed by atoms with Gasteiger partial charge < -0.3 is 4.90 Å². The van der Waals surface area contributed by atoms with Gasteiger partial charge in [0.15, 0.2) is 5.78 Å². The largest absolute Gasteiger partial charge is 0.340 e. The molecule has 0 bridgehead atoms. The number of allylic oxidation sites excluding steroid dienone is 4. The maximum Gasteiger partial charge on any atom is 0.168 e. The molecule has 0 amide bonds. The number of nitrogens with zero attached hydrogens (tertiary/aromatic N) is 1. The van der Waals surface area contributed by atoms with Crippen LogP contribution < -0.4 is 4.90 Å². The average Bonchev–Trinajstić information content (AvgIpc) is 3.28. The van der Waals surface area contributed by atoms with Gasteiger partial charge >= 0.3 is 0 Å². The van der Waals surface area contributed by atoms with Crippen LogP contribution in [0.4, 0.5) is 14.5 Å². The molecule has 6 rings (SSSR count). The molecule has 3 aromatic carbocycles. The molecular formula is C29H23F2NO. The van der Waals surface area contributed by atoms with Crippen molar-refractivity contribution in [3.8, 4) is 0 Å². The molecule has 4 heteroatoms. The summed E-state index contributed by atoms with van der Waals surface area (Å²) in [5, 5.41) is 1.87. The van der Waals surface area contributed by atoms with Gasteiger partial charge in [0.25, 0.3) is 0 Å². The van der Waals surface area contributed by atoms with Gasteiger partial charge in [0.1, 0.15) is 11.6 Å². The first-order valence-corrected chi connectivity index (χ1v) is 11.4. The quantitative estimate of drug-likeness (QED) is 0.410. The number of ketones is 1. The van der Waals surface area contributed by atoms with Crippen LogP contribution in [0, 0.1) is 18.6 Å². The van der Waals surface area contributed by atoms with Crippen LogP contribution in [0.5, 0.6) is 0 Å². The van der Waals surface area contributed by atoms with Gasteiger partial charge in [-0.3, -0.25) is 4.79 Å². The van der Waals surface area contributed by atoms with Gasteiger partial charge in [-0.2, -0.15) is 0 Å². The highest BCUT2D eigenvalue weighted by Gasteiger charge is 2.31. The fourth-order valence-electron chi connectivity index (χ4n) is 5.65. The van der Waals surface area contributed by atoms with Crippen molar-refractivity contribution in [1.29, 1.82) is 0 Å². The summed E-state index contributed by atoms with van der Waals surface area (Å²) in [6, 6.07) is 11.6. The molecule has 0 fully saturated rings. The van der Waals surface area contributed by atoms with Crippen LogP contribution in [0.3, 0.4) is 0 Å². The second-order valence-corrected chi connectivity index (χ2v) is 9.05. The number of hydrogen-bond donors (Lipinski definition) is 0. The van der Waals surface area contributed by atoms with Crippen molar-refractivity contribution in [1.82, 2.24) is 0 Å². The molecule has 0 N–H and O–H groups in total. The Hall–Kier alpha value is -3.53. The molecule has 2 nitrogen and oxygen atoms in total. The first-order valence-electron chi connectivity index (χ1n) is 11.4. The average molecular weight is 440 g/mol. The highest BCUT2D eigenvalue weighted by molar-refractivity contribution is 6.18. The van der Waals surface area contributed by atoms with E-state index in [1.165, 1.54) is 29.3 Å². The minimum Gasteiger partial charge on any atom is -0.340 e. The molecule has 0 spiro atoms. The summed E-state index contributed by atoms with van der Waals surface area (Å²) in [7, 11) is 0. The highest BCUT2D eigenvalue weighted by Crippen LogP contribution is 2.45. The van der Waals surface area contributed by atoms with Gasteiger partial charge in [-0.1, -0.05) is 48.1 Å². The third-order valence-electron chi connectivity index (χ3n) is 7.16. The fraction of sp³-hybridized carbons (Fsp3) is 0.207.